The van der Waals surface area contributed by atoms with Crippen LogP contribution in [-0.4, -0.2) is 16.8 Å². The molecule has 1 aromatic carbocycles. The quantitative estimate of drug-likeness (QED) is 0.759. The highest BCUT2D eigenvalue weighted by Gasteiger charge is 2.15. The van der Waals surface area contributed by atoms with Crippen LogP contribution in [0.15, 0.2) is 10.5 Å². The molecular formula is C10H14BrNO2. The van der Waals surface area contributed by atoms with Crippen LogP contribution in [0.4, 0.5) is 0 Å². The van der Waals surface area contributed by atoms with Gasteiger partial charge in [-0.25, -0.2) is 0 Å². The monoisotopic (exact) mass is 259 g/mol. The van der Waals surface area contributed by atoms with Crippen LogP contribution in [0.1, 0.15) is 22.7 Å². The van der Waals surface area contributed by atoms with Gasteiger partial charge in [0.25, 0.3) is 0 Å². The van der Waals surface area contributed by atoms with Gasteiger partial charge in [-0.1, -0.05) is 0 Å². The molecule has 0 saturated carbocycles. The Hall–Kier alpha value is -0.580. The van der Waals surface area contributed by atoms with Crippen molar-refractivity contribution >= 4 is 15.9 Å². The molecule has 3 nitrogen and oxygen atoms in total. The number of aryl methyl sites for hydroxylation is 1. The summed E-state index contributed by atoms with van der Waals surface area (Å²) in [5.74, 6) is 0.203. The van der Waals surface area contributed by atoms with Crippen LogP contribution in [0.25, 0.3) is 0 Å². The highest BCUT2D eigenvalue weighted by molar-refractivity contribution is 9.10. The summed E-state index contributed by atoms with van der Waals surface area (Å²) in [6.45, 7) is 3.63. The molecule has 14 heavy (non-hydrogen) atoms. The average molecular weight is 260 g/mol. The van der Waals surface area contributed by atoms with Gasteiger partial charge >= 0.3 is 0 Å². The first-order valence-corrected chi connectivity index (χ1v) is 5.13. The number of aromatic hydroxyl groups is 1. The lowest BCUT2D eigenvalue weighted by atomic mass is 9.96. The van der Waals surface area contributed by atoms with E-state index in [4.69, 9.17) is 10.8 Å². The van der Waals surface area contributed by atoms with E-state index in [1.165, 1.54) is 0 Å². The predicted octanol–water partition coefficient (Wildman–Crippen LogP) is 1.76. The van der Waals surface area contributed by atoms with E-state index >= 15 is 0 Å². The molecule has 0 heterocycles. The van der Waals surface area contributed by atoms with E-state index in [-0.39, 0.29) is 12.4 Å². The Labute approximate surface area is 91.7 Å². The zero-order valence-corrected chi connectivity index (χ0v) is 9.80. The number of nitrogens with two attached hydrogens (primary N) is 1. The zero-order chi connectivity index (χ0) is 10.9. The molecule has 1 unspecified atom stereocenters. The van der Waals surface area contributed by atoms with E-state index < -0.39 is 6.04 Å². The summed E-state index contributed by atoms with van der Waals surface area (Å²) in [5, 5.41) is 18.5. The van der Waals surface area contributed by atoms with Crippen molar-refractivity contribution < 1.29 is 10.2 Å². The number of hydrogen-bond acceptors (Lipinski definition) is 3. The Morgan fingerprint density at radius 3 is 2.57 bits per heavy atom. The average Bonchev–Trinajstić information content (AvgIpc) is 2.14. The van der Waals surface area contributed by atoms with Gasteiger partial charge in [-0.2, -0.15) is 0 Å². The third kappa shape index (κ3) is 1.92. The summed E-state index contributed by atoms with van der Waals surface area (Å²) in [7, 11) is 0. The number of hydrogen-bond donors (Lipinski definition) is 3. The Morgan fingerprint density at radius 2 is 2.07 bits per heavy atom. The third-order valence-electron chi connectivity index (χ3n) is 2.30. The van der Waals surface area contributed by atoms with E-state index in [1.807, 2.05) is 13.8 Å². The molecule has 0 radical (unpaired) electrons. The van der Waals surface area contributed by atoms with Crippen molar-refractivity contribution in [2.45, 2.75) is 19.9 Å². The van der Waals surface area contributed by atoms with Crippen molar-refractivity contribution in [1.29, 1.82) is 0 Å². The molecule has 0 amide bonds. The predicted molar refractivity (Wildman–Crippen MR) is 59.3 cm³/mol. The second kappa shape index (κ2) is 4.29. The molecule has 0 bridgehead atoms. The van der Waals surface area contributed by atoms with Crippen LogP contribution in [0.2, 0.25) is 0 Å². The molecule has 0 fully saturated rings. The fourth-order valence-corrected chi connectivity index (χ4v) is 1.94. The Balaban J connectivity index is 3.36. The minimum absolute atomic E-state index is 0.0983. The maximum absolute atomic E-state index is 9.51. The van der Waals surface area contributed by atoms with Crippen molar-refractivity contribution in [3.05, 3.63) is 27.2 Å². The number of benzene rings is 1. The molecule has 1 rings (SSSR count). The van der Waals surface area contributed by atoms with Gasteiger partial charge in [0.05, 0.1) is 17.1 Å². The molecule has 0 spiro atoms. The highest BCUT2D eigenvalue weighted by atomic mass is 79.9. The minimum Gasteiger partial charge on any atom is -0.507 e. The maximum atomic E-state index is 9.51. The Kier molecular flexibility index (Phi) is 3.53. The van der Waals surface area contributed by atoms with Gasteiger partial charge in [-0.05, 0) is 52.5 Å². The summed E-state index contributed by atoms with van der Waals surface area (Å²) in [4.78, 5) is 0. The second-order valence-electron chi connectivity index (χ2n) is 3.35. The molecule has 0 aliphatic heterocycles. The van der Waals surface area contributed by atoms with Gasteiger partial charge in [-0.3, -0.25) is 0 Å². The van der Waals surface area contributed by atoms with E-state index in [0.29, 0.717) is 4.47 Å². The van der Waals surface area contributed by atoms with Crippen molar-refractivity contribution in [3.8, 4) is 5.75 Å². The van der Waals surface area contributed by atoms with Crippen molar-refractivity contribution in [3.63, 3.8) is 0 Å². The van der Waals surface area contributed by atoms with Crippen molar-refractivity contribution in [2.75, 3.05) is 6.61 Å². The summed E-state index contributed by atoms with van der Waals surface area (Å²) in [6, 6.07) is 1.24. The van der Waals surface area contributed by atoms with E-state index in [1.54, 1.807) is 6.07 Å². The smallest absolute Gasteiger partial charge is 0.130 e. The van der Waals surface area contributed by atoms with Crippen molar-refractivity contribution in [2.24, 2.45) is 5.73 Å². The van der Waals surface area contributed by atoms with Crippen LogP contribution in [0, 0.1) is 13.8 Å². The normalized spacial score (nSPS) is 12.9. The fourth-order valence-electron chi connectivity index (χ4n) is 1.61. The van der Waals surface area contributed by atoms with Crippen LogP contribution in [0.3, 0.4) is 0 Å². The highest BCUT2D eigenvalue weighted by Crippen LogP contribution is 2.34. The molecule has 4 N–H and O–H groups in total. The molecule has 1 atom stereocenters. The lowest BCUT2D eigenvalue weighted by molar-refractivity contribution is 0.267. The summed E-state index contributed by atoms with van der Waals surface area (Å²) in [5.41, 5.74) is 8.42. The van der Waals surface area contributed by atoms with Crippen molar-refractivity contribution in [1.82, 2.24) is 0 Å². The molecule has 78 valence electrons. The van der Waals surface area contributed by atoms with E-state index in [0.717, 1.165) is 16.7 Å². The number of aliphatic hydroxyl groups excluding tert-OH is 1. The van der Waals surface area contributed by atoms with Gasteiger partial charge in [-0.15, -0.1) is 0 Å². The molecular weight excluding hydrogens is 246 g/mol. The molecule has 0 aliphatic rings. The van der Waals surface area contributed by atoms with Gasteiger partial charge in [0.1, 0.15) is 5.75 Å². The first-order valence-electron chi connectivity index (χ1n) is 4.34. The molecule has 1 aromatic rings. The molecule has 0 saturated heterocycles. The number of phenolic OH excluding ortho intramolecular Hbond substituents is 1. The first-order chi connectivity index (χ1) is 6.49. The second-order valence-corrected chi connectivity index (χ2v) is 4.15. The third-order valence-corrected chi connectivity index (χ3v) is 3.30. The maximum Gasteiger partial charge on any atom is 0.130 e. The number of halogens is 1. The van der Waals surface area contributed by atoms with Gasteiger partial charge in [0, 0.05) is 0 Å². The lowest BCUT2D eigenvalue weighted by Crippen LogP contribution is -2.17. The Morgan fingerprint density at radius 1 is 1.50 bits per heavy atom. The number of rotatable bonds is 2. The van der Waals surface area contributed by atoms with Crippen LogP contribution < -0.4 is 5.73 Å². The van der Waals surface area contributed by atoms with E-state index in [9.17, 15) is 5.11 Å². The molecule has 0 aliphatic carbocycles. The minimum atomic E-state index is -0.396. The van der Waals surface area contributed by atoms with Gasteiger partial charge < -0.3 is 15.9 Å². The van der Waals surface area contributed by atoms with Gasteiger partial charge in [0.2, 0.25) is 0 Å². The van der Waals surface area contributed by atoms with Gasteiger partial charge in [0.15, 0.2) is 0 Å². The molecule has 0 aromatic heterocycles. The Bertz CT molecular complexity index is 352. The fraction of sp³-hybridized carbons (Fsp3) is 0.400. The summed E-state index contributed by atoms with van der Waals surface area (Å²) in [6.07, 6.45) is 0. The summed E-state index contributed by atoms with van der Waals surface area (Å²) < 4.78 is 0.641. The zero-order valence-electron chi connectivity index (χ0n) is 8.21. The largest absolute Gasteiger partial charge is 0.507 e. The first kappa shape index (κ1) is 11.5. The topological polar surface area (TPSA) is 66.5 Å². The van der Waals surface area contributed by atoms with E-state index in [2.05, 4.69) is 15.9 Å². The van der Waals surface area contributed by atoms with Crippen LogP contribution in [0.5, 0.6) is 5.75 Å². The standard InChI is InChI=1S/C10H14BrNO2/c1-5-3-8(14)10(11)6(2)9(5)7(12)4-13/h3,7,13-14H,4,12H2,1-2H3. The SMILES string of the molecule is Cc1cc(O)c(Br)c(C)c1C(N)CO. The lowest BCUT2D eigenvalue weighted by Gasteiger charge is -2.17. The molecule has 4 heteroatoms. The number of aliphatic hydroxyl groups is 1. The van der Waals surface area contributed by atoms with Crippen LogP contribution in [-0.2, 0) is 0 Å². The number of phenols is 1. The van der Waals surface area contributed by atoms with Crippen LogP contribution >= 0.6 is 15.9 Å². The summed E-state index contributed by atoms with van der Waals surface area (Å²) >= 11 is 3.27.